The first kappa shape index (κ1) is 18.9. The molecule has 3 aromatic rings. The van der Waals surface area contributed by atoms with Crippen molar-refractivity contribution in [1.29, 1.82) is 0 Å². The number of aliphatic hydroxyl groups excluding tert-OH is 1. The molecule has 2 heterocycles. The van der Waals surface area contributed by atoms with Gasteiger partial charge in [0.05, 0.1) is 42.6 Å². The minimum atomic E-state index is -0.660. The summed E-state index contributed by atoms with van der Waals surface area (Å²) in [5, 5.41) is 9.25. The molecule has 136 valence electrons. The number of aromatic nitrogens is 3. The third-order valence-corrected chi connectivity index (χ3v) is 4.46. The number of benzene rings is 1. The van der Waals surface area contributed by atoms with Gasteiger partial charge in [0.1, 0.15) is 18.1 Å². The van der Waals surface area contributed by atoms with Gasteiger partial charge >= 0.3 is 0 Å². The Morgan fingerprint density at radius 2 is 2.23 bits per heavy atom. The lowest BCUT2D eigenvalue weighted by atomic mass is 10.1. The Balaban J connectivity index is 1.96. The molecule has 0 spiro atoms. The van der Waals surface area contributed by atoms with Crippen molar-refractivity contribution in [3.63, 3.8) is 0 Å². The normalized spacial score (nSPS) is 12.5. The molecule has 0 aliphatic heterocycles. The maximum atomic E-state index is 14.3. The van der Waals surface area contributed by atoms with Crippen molar-refractivity contribution in [3.05, 3.63) is 63.3 Å². The highest BCUT2D eigenvalue weighted by molar-refractivity contribution is 14.1. The molecule has 6 nitrogen and oxygen atoms in total. The molecule has 0 fully saturated rings. The van der Waals surface area contributed by atoms with E-state index >= 15 is 0 Å². The van der Waals surface area contributed by atoms with Gasteiger partial charge < -0.3 is 9.84 Å². The largest absolute Gasteiger partial charge is 0.391 e. The van der Waals surface area contributed by atoms with Gasteiger partial charge in [-0.05, 0) is 47.2 Å². The molecule has 0 unspecified atom stereocenters. The number of hydrogen-bond acceptors (Lipinski definition) is 5. The van der Waals surface area contributed by atoms with Crippen molar-refractivity contribution in [1.82, 2.24) is 14.4 Å². The Kier molecular flexibility index (Phi) is 5.94. The Bertz CT molecular complexity index is 943. The summed E-state index contributed by atoms with van der Waals surface area (Å²) in [5.74, 6) is -0.667. The molecule has 0 radical (unpaired) electrons. The van der Waals surface area contributed by atoms with E-state index in [1.165, 1.54) is 6.07 Å². The Morgan fingerprint density at radius 1 is 1.42 bits per heavy atom. The second-order valence-corrected chi connectivity index (χ2v) is 7.19. The topological polar surface area (TPSA) is 76.7 Å². The number of ketones is 1. The van der Waals surface area contributed by atoms with Crippen molar-refractivity contribution in [2.75, 3.05) is 13.2 Å². The average Bonchev–Trinajstić information content (AvgIpc) is 3.06. The van der Waals surface area contributed by atoms with Crippen molar-refractivity contribution in [3.8, 4) is 0 Å². The van der Waals surface area contributed by atoms with E-state index in [1.807, 2.05) is 28.7 Å². The highest BCUT2D eigenvalue weighted by atomic mass is 127. The van der Waals surface area contributed by atoms with Crippen LogP contribution in [0.1, 0.15) is 28.7 Å². The Hall–Kier alpha value is -1.91. The van der Waals surface area contributed by atoms with Crippen LogP contribution in [0.3, 0.4) is 0 Å². The van der Waals surface area contributed by atoms with Gasteiger partial charge in [-0.3, -0.25) is 9.20 Å². The number of fused-ring (bicyclic) bond motifs is 1. The number of rotatable bonds is 7. The maximum absolute atomic E-state index is 14.3. The highest BCUT2D eigenvalue weighted by Gasteiger charge is 2.19. The summed E-state index contributed by atoms with van der Waals surface area (Å²) in [6.07, 6.45) is 4.28. The van der Waals surface area contributed by atoms with Crippen LogP contribution < -0.4 is 0 Å². The van der Waals surface area contributed by atoms with Crippen molar-refractivity contribution < 1.29 is 19.0 Å². The van der Waals surface area contributed by atoms with E-state index in [1.54, 1.807) is 36.1 Å². The SMILES string of the molecule is C[C@H](O)COCC(=O)c1ncc2cncn2c1Cc1ccc(I)cc1F. The van der Waals surface area contributed by atoms with Gasteiger partial charge in [0.25, 0.3) is 0 Å². The van der Waals surface area contributed by atoms with Gasteiger partial charge in [0.2, 0.25) is 5.78 Å². The van der Waals surface area contributed by atoms with Crippen molar-refractivity contribution in [2.24, 2.45) is 0 Å². The first-order chi connectivity index (χ1) is 12.5. The molecule has 26 heavy (non-hydrogen) atoms. The number of hydrogen-bond donors (Lipinski definition) is 1. The van der Waals surface area contributed by atoms with Gasteiger partial charge in [-0.2, -0.15) is 0 Å². The minimum absolute atomic E-state index is 0.0557. The predicted molar refractivity (Wildman–Crippen MR) is 102 cm³/mol. The van der Waals surface area contributed by atoms with Crippen LogP contribution in [-0.4, -0.2) is 44.6 Å². The van der Waals surface area contributed by atoms with Crippen LogP contribution >= 0.6 is 22.6 Å². The Morgan fingerprint density at radius 3 is 2.96 bits per heavy atom. The minimum Gasteiger partial charge on any atom is -0.391 e. The monoisotopic (exact) mass is 469 g/mol. The maximum Gasteiger partial charge on any atom is 0.208 e. The van der Waals surface area contributed by atoms with Crippen LogP contribution in [-0.2, 0) is 11.2 Å². The number of imidazole rings is 1. The van der Waals surface area contributed by atoms with E-state index < -0.39 is 6.10 Å². The van der Waals surface area contributed by atoms with Crippen LogP contribution in [0.15, 0.2) is 36.9 Å². The van der Waals surface area contributed by atoms with Gasteiger partial charge in [-0.1, -0.05) is 6.07 Å². The lowest BCUT2D eigenvalue weighted by Gasteiger charge is -2.12. The number of Topliss-reactive ketones (excluding diaryl/α,β-unsaturated/α-hetero) is 1. The van der Waals surface area contributed by atoms with E-state index in [0.29, 0.717) is 16.8 Å². The third-order valence-electron chi connectivity index (χ3n) is 3.79. The zero-order valence-electron chi connectivity index (χ0n) is 14.0. The molecular formula is C18H17FIN3O3. The fraction of sp³-hybridized carbons (Fsp3) is 0.278. The van der Waals surface area contributed by atoms with E-state index in [9.17, 15) is 14.3 Å². The summed E-state index contributed by atoms with van der Waals surface area (Å²) in [5.41, 5.74) is 1.93. The second kappa shape index (κ2) is 8.19. The zero-order valence-corrected chi connectivity index (χ0v) is 16.2. The predicted octanol–water partition coefficient (Wildman–Crippen LogP) is 2.64. The summed E-state index contributed by atoms with van der Waals surface area (Å²) in [7, 11) is 0. The van der Waals surface area contributed by atoms with Gasteiger partial charge in [0.15, 0.2) is 0 Å². The third kappa shape index (κ3) is 4.25. The molecule has 0 saturated carbocycles. The number of ether oxygens (including phenoxy) is 1. The quantitative estimate of drug-likeness (QED) is 0.426. The fourth-order valence-corrected chi connectivity index (χ4v) is 3.04. The summed E-state index contributed by atoms with van der Waals surface area (Å²) in [6, 6.07) is 4.96. The Labute approximate surface area is 163 Å². The molecule has 2 aromatic heterocycles. The average molecular weight is 469 g/mol. The smallest absolute Gasteiger partial charge is 0.208 e. The van der Waals surface area contributed by atoms with E-state index in [2.05, 4.69) is 9.97 Å². The molecule has 0 aliphatic rings. The van der Waals surface area contributed by atoms with Gasteiger partial charge in [-0.15, -0.1) is 0 Å². The summed E-state index contributed by atoms with van der Waals surface area (Å²) >= 11 is 2.05. The molecule has 0 aliphatic carbocycles. The standard InChI is InChI=1S/C18H17FIN3O3/c1-11(24)8-26-9-17(25)18-16(23-10-21-6-14(23)7-22-18)4-12-2-3-13(20)5-15(12)19/h2-3,5-7,10-11,24H,4,8-9H2,1H3/t11-/m0/s1. The molecule has 0 saturated heterocycles. The summed E-state index contributed by atoms with van der Waals surface area (Å²) < 4.78 is 22.0. The molecule has 0 amide bonds. The first-order valence-electron chi connectivity index (χ1n) is 7.98. The van der Waals surface area contributed by atoms with Crippen molar-refractivity contribution >= 4 is 33.9 Å². The van der Waals surface area contributed by atoms with Crippen LogP contribution in [0.25, 0.3) is 5.52 Å². The molecular weight excluding hydrogens is 452 g/mol. The summed E-state index contributed by atoms with van der Waals surface area (Å²) in [6.45, 7) is 1.42. The van der Waals surface area contributed by atoms with Gasteiger partial charge in [-0.25, -0.2) is 14.4 Å². The molecule has 0 bridgehead atoms. The molecule has 1 atom stereocenters. The molecule has 1 N–H and O–H groups in total. The van der Waals surface area contributed by atoms with E-state index in [0.717, 1.165) is 3.57 Å². The number of nitrogens with zero attached hydrogens (tertiary/aromatic N) is 3. The van der Waals surface area contributed by atoms with Crippen LogP contribution in [0.2, 0.25) is 0 Å². The first-order valence-corrected chi connectivity index (χ1v) is 9.06. The zero-order chi connectivity index (χ0) is 18.7. The van der Waals surface area contributed by atoms with E-state index in [-0.39, 0.29) is 36.9 Å². The molecule has 1 aromatic carbocycles. The number of aliphatic hydroxyl groups is 1. The molecule has 3 rings (SSSR count). The molecule has 8 heteroatoms. The van der Waals surface area contributed by atoms with E-state index in [4.69, 9.17) is 4.74 Å². The van der Waals surface area contributed by atoms with Crippen molar-refractivity contribution in [2.45, 2.75) is 19.4 Å². The highest BCUT2D eigenvalue weighted by Crippen LogP contribution is 2.20. The van der Waals surface area contributed by atoms with Crippen LogP contribution in [0.4, 0.5) is 4.39 Å². The number of halogens is 2. The van der Waals surface area contributed by atoms with Crippen LogP contribution in [0.5, 0.6) is 0 Å². The lowest BCUT2D eigenvalue weighted by molar-refractivity contribution is 0.0421. The fourth-order valence-electron chi connectivity index (χ4n) is 2.58. The second-order valence-electron chi connectivity index (χ2n) is 5.94. The lowest BCUT2D eigenvalue weighted by Crippen LogP contribution is -2.19. The number of carbonyl (C=O) groups excluding carboxylic acids is 1. The van der Waals surface area contributed by atoms with Crippen LogP contribution in [0, 0.1) is 9.39 Å². The summed E-state index contributed by atoms with van der Waals surface area (Å²) in [4.78, 5) is 20.9. The van der Waals surface area contributed by atoms with Gasteiger partial charge in [0, 0.05) is 9.99 Å². The number of carbonyl (C=O) groups is 1.